The van der Waals surface area contributed by atoms with Crippen LogP contribution in [0.15, 0.2) is 70.2 Å². The smallest absolute Gasteiger partial charge is 0.269 e. The second-order valence-electron chi connectivity index (χ2n) is 9.30. The first-order chi connectivity index (χ1) is 20.8. The van der Waals surface area contributed by atoms with E-state index in [1.165, 1.54) is 41.0 Å². The summed E-state index contributed by atoms with van der Waals surface area (Å²) in [6, 6.07) is 14.4. The molecule has 0 bridgehead atoms. The molecule has 1 aliphatic heterocycles. The fraction of sp³-hybridized carbons (Fsp3) is 0.250. The second kappa shape index (κ2) is 13.0. The Morgan fingerprint density at radius 2 is 1.91 bits per heavy atom. The van der Waals surface area contributed by atoms with Crippen LogP contribution in [-0.4, -0.2) is 62.2 Å². The fourth-order valence-corrected chi connectivity index (χ4v) is 6.07. The van der Waals surface area contributed by atoms with Crippen molar-refractivity contribution in [1.29, 1.82) is 0 Å². The lowest BCUT2D eigenvalue weighted by molar-refractivity contribution is -0.384. The first-order valence-electron chi connectivity index (χ1n) is 13.0. The van der Waals surface area contributed by atoms with Gasteiger partial charge in [-0.15, -0.1) is 21.5 Å². The van der Waals surface area contributed by atoms with Crippen molar-refractivity contribution in [3.63, 3.8) is 0 Å². The Morgan fingerprint density at radius 3 is 2.58 bits per heavy atom. The molecule has 15 heteroatoms. The molecular weight excluding hydrogens is 594 g/mol. The molecule has 1 aliphatic rings. The molecule has 5 rings (SSSR count). The van der Waals surface area contributed by atoms with E-state index in [9.17, 15) is 19.7 Å². The van der Waals surface area contributed by atoms with Crippen molar-refractivity contribution in [3.05, 3.63) is 91.9 Å². The van der Waals surface area contributed by atoms with Crippen LogP contribution in [0.5, 0.6) is 11.5 Å². The van der Waals surface area contributed by atoms with E-state index < -0.39 is 10.8 Å². The summed E-state index contributed by atoms with van der Waals surface area (Å²) < 4.78 is 12.9. The molecule has 1 atom stereocenters. The Kier molecular flexibility index (Phi) is 9.01. The average molecular weight is 622 g/mol. The van der Waals surface area contributed by atoms with E-state index in [4.69, 9.17) is 14.6 Å². The van der Waals surface area contributed by atoms with Crippen LogP contribution in [0.1, 0.15) is 39.1 Å². The number of nitrogens with zero attached hydrogens (tertiary/aromatic N) is 6. The van der Waals surface area contributed by atoms with Gasteiger partial charge in [0.25, 0.3) is 17.5 Å². The predicted octanol–water partition coefficient (Wildman–Crippen LogP) is 4.20. The van der Waals surface area contributed by atoms with E-state index >= 15 is 0 Å². The van der Waals surface area contributed by atoms with Crippen molar-refractivity contribution in [2.75, 3.05) is 20.0 Å². The van der Waals surface area contributed by atoms with Gasteiger partial charge in [-0.3, -0.25) is 19.7 Å². The highest BCUT2D eigenvalue weighted by Crippen LogP contribution is 2.42. The van der Waals surface area contributed by atoms with E-state index in [-0.39, 0.29) is 35.5 Å². The molecule has 4 aromatic rings. The van der Waals surface area contributed by atoms with Crippen molar-refractivity contribution in [3.8, 4) is 11.5 Å². The van der Waals surface area contributed by atoms with Crippen LogP contribution in [0, 0.1) is 10.1 Å². The number of amides is 2. The summed E-state index contributed by atoms with van der Waals surface area (Å²) in [5, 5.41) is 30.6. The van der Waals surface area contributed by atoms with Crippen LogP contribution in [0.2, 0.25) is 0 Å². The first-order valence-corrected chi connectivity index (χ1v) is 14.8. The van der Waals surface area contributed by atoms with Crippen LogP contribution in [0.4, 0.5) is 5.69 Å². The van der Waals surface area contributed by atoms with Crippen molar-refractivity contribution in [1.82, 2.24) is 25.1 Å². The largest absolute Gasteiger partial charge is 0.493 e. The zero-order valence-electron chi connectivity index (χ0n) is 23.4. The topological polar surface area (TPSA) is 154 Å². The zero-order valence-corrected chi connectivity index (χ0v) is 25.1. The number of nitro benzene ring substituents is 1. The van der Waals surface area contributed by atoms with Gasteiger partial charge in [0.1, 0.15) is 0 Å². The van der Waals surface area contributed by atoms with Gasteiger partial charge >= 0.3 is 0 Å². The highest BCUT2D eigenvalue weighted by atomic mass is 32.2. The predicted molar refractivity (Wildman–Crippen MR) is 161 cm³/mol. The van der Waals surface area contributed by atoms with Gasteiger partial charge in [-0.05, 0) is 29.6 Å². The number of thioether (sulfide) groups is 1. The number of benzene rings is 2. The van der Waals surface area contributed by atoms with Crippen LogP contribution in [0.25, 0.3) is 0 Å². The Morgan fingerprint density at radius 1 is 1.12 bits per heavy atom. The van der Waals surface area contributed by atoms with Crippen molar-refractivity contribution < 1.29 is 24.0 Å². The van der Waals surface area contributed by atoms with E-state index in [2.05, 4.69) is 15.5 Å². The molecule has 0 fully saturated rings. The summed E-state index contributed by atoms with van der Waals surface area (Å²) in [5.74, 6) is 1.02. The number of hydrogen-bond donors (Lipinski definition) is 1. The Bertz CT molecular complexity index is 1670. The number of rotatable bonds is 11. The molecule has 0 spiro atoms. The normalized spacial score (nSPS) is 14.3. The molecule has 2 amide bonds. The number of thiophene rings is 1. The molecule has 0 saturated heterocycles. The number of para-hydroxylation sites is 1. The average Bonchev–Trinajstić information content (AvgIpc) is 3.79. The molecule has 222 valence electrons. The Balaban J connectivity index is 1.27. The number of hydrazone groups is 1. The van der Waals surface area contributed by atoms with Crippen LogP contribution in [0.3, 0.4) is 0 Å². The summed E-state index contributed by atoms with van der Waals surface area (Å²) in [6.07, 6.45) is 0.517. The maximum atomic E-state index is 13.6. The quantitative estimate of drug-likeness (QED) is 0.147. The molecular formula is C28H27N7O6S2. The van der Waals surface area contributed by atoms with E-state index in [1.807, 2.05) is 29.6 Å². The molecule has 2 aromatic carbocycles. The second-order valence-corrected chi connectivity index (χ2v) is 11.2. The monoisotopic (exact) mass is 621 g/mol. The maximum absolute atomic E-state index is 13.6. The minimum Gasteiger partial charge on any atom is -0.493 e. The Hall–Kier alpha value is -4.76. The standard InChI is InChI=1S/C28H27N7O6S2/c1-33-24(15-29-27(37)17-9-11-18(12-10-17)35(38)39)30-31-28(33)43-16-25(36)34-21(14-20(32-34)23-8-5-13-42-23)19-6-4-7-22(40-2)26(19)41-3/h4-13,21H,14-16H2,1-3H3,(H,29,37)/t21-/m0/s1. The first kappa shape index (κ1) is 29.7. The minimum atomic E-state index is -0.528. The molecule has 0 saturated carbocycles. The number of carbonyl (C=O) groups excluding carboxylic acids is 2. The Labute approximate surface area is 254 Å². The molecule has 43 heavy (non-hydrogen) atoms. The lowest BCUT2D eigenvalue weighted by Gasteiger charge is -2.24. The van der Waals surface area contributed by atoms with Crippen LogP contribution in [-0.2, 0) is 18.4 Å². The summed E-state index contributed by atoms with van der Waals surface area (Å²) in [4.78, 5) is 37.4. The van der Waals surface area contributed by atoms with Gasteiger partial charge in [-0.25, -0.2) is 5.01 Å². The van der Waals surface area contributed by atoms with E-state index in [0.717, 1.165) is 16.2 Å². The van der Waals surface area contributed by atoms with Crippen molar-refractivity contribution >= 4 is 46.3 Å². The highest BCUT2D eigenvalue weighted by Gasteiger charge is 2.36. The SMILES string of the molecule is COc1cccc([C@@H]2CC(c3cccs3)=NN2C(=O)CSc2nnc(CNC(=O)c3ccc([N+](=O)[O-])cc3)n2C)c1OC. The van der Waals surface area contributed by atoms with Gasteiger partial charge in [-0.2, -0.15) is 5.10 Å². The number of methoxy groups -OCH3 is 2. The van der Waals surface area contributed by atoms with Gasteiger partial charge in [-0.1, -0.05) is 30.0 Å². The number of carbonyl (C=O) groups is 2. The van der Waals surface area contributed by atoms with Gasteiger partial charge in [0, 0.05) is 36.7 Å². The fourth-order valence-electron chi connectivity index (χ4n) is 4.56. The van der Waals surface area contributed by atoms with Crippen molar-refractivity contribution in [2.45, 2.75) is 24.2 Å². The van der Waals surface area contributed by atoms with Gasteiger partial charge in [0.05, 0.1) is 48.1 Å². The number of nitro groups is 1. The van der Waals surface area contributed by atoms with Gasteiger partial charge < -0.3 is 19.4 Å². The number of non-ortho nitro benzene ring substituents is 1. The summed E-state index contributed by atoms with van der Waals surface area (Å²) >= 11 is 2.77. The molecule has 13 nitrogen and oxygen atoms in total. The number of aromatic nitrogens is 3. The third kappa shape index (κ3) is 6.36. The summed E-state index contributed by atoms with van der Waals surface area (Å²) in [7, 11) is 4.88. The van der Waals surface area contributed by atoms with Crippen LogP contribution >= 0.6 is 23.1 Å². The summed E-state index contributed by atoms with van der Waals surface area (Å²) in [5.41, 5.74) is 1.79. The minimum absolute atomic E-state index is 0.0468. The summed E-state index contributed by atoms with van der Waals surface area (Å²) in [6.45, 7) is 0.0755. The molecule has 3 heterocycles. The van der Waals surface area contributed by atoms with E-state index in [0.29, 0.717) is 28.9 Å². The number of ether oxygens (including phenoxy) is 2. The van der Waals surface area contributed by atoms with Crippen molar-refractivity contribution in [2.24, 2.45) is 12.1 Å². The molecule has 0 radical (unpaired) electrons. The third-order valence-corrected chi connectivity index (χ3v) is 8.68. The molecule has 0 aliphatic carbocycles. The lowest BCUT2D eigenvalue weighted by atomic mass is 9.99. The van der Waals surface area contributed by atoms with E-state index in [1.54, 1.807) is 43.2 Å². The number of nitrogens with one attached hydrogen (secondary N) is 1. The number of hydrogen-bond acceptors (Lipinski definition) is 11. The molecule has 0 unspecified atom stereocenters. The third-order valence-electron chi connectivity index (χ3n) is 6.76. The van der Waals surface area contributed by atoms with Crippen LogP contribution < -0.4 is 14.8 Å². The van der Waals surface area contributed by atoms with Gasteiger partial charge in [0.15, 0.2) is 22.5 Å². The molecule has 2 aromatic heterocycles. The van der Waals surface area contributed by atoms with Gasteiger partial charge in [0.2, 0.25) is 0 Å². The highest BCUT2D eigenvalue weighted by molar-refractivity contribution is 7.99. The maximum Gasteiger partial charge on any atom is 0.269 e. The lowest BCUT2D eigenvalue weighted by Crippen LogP contribution is -2.29. The zero-order chi connectivity index (χ0) is 30.5. The molecule has 1 N–H and O–H groups in total.